The number of hydrogen-bond acceptors (Lipinski definition) is 3. The van der Waals surface area contributed by atoms with E-state index in [1.54, 1.807) is 17.0 Å². The van der Waals surface area contributed by atoms with Gasteiger partial charge >= 0.3 is 0 Å². The van der Waals surface area contributed by atoms with Gasteiger partial charge < -0.3 is 14.8 Å². The summed E-state index contributed by atoms with van der Waals surface area (Å²) in [6.45, 7) is 2.01. The van der Waals surface area contributed by atoms with E-state index < -0.39 is 0 Å². The molecule has 1 aromatic heterocycles. The van der Waals surface area contributed by atoms with E-state index in [-0.39, 0.29) is 29.0 Å². The lowest BCUT2D eigenvalue weighted by molar-refractivity contribution is 0.0971. The Morgan fingerprint density at radius 1 is 1.12 bits per heavy atom. The summed E-state index contributed by atoms with van der Waals surface area (Å²) in [5, 5.41) is 20.2. The van der Waals surface area contributed by atoms with Crippen molar-refractivity contribution in [3.8, 4) is 17.2 Å². The van der Waals surface area contributed by atoms with Crippen LogP contribution >= 0.6 is 11.6 Å². The summed E-state index contributed by atoms with van der Waals surface area (Å²) in [4.78, 5) is 15.0. The molecule has 0 radical (unpaired) electrons. The van der Waals surface area contributed by atoms with Gasteiger partial charge in [0.25, 0.3) is 5.91 Å². The predicted molar refractivity (Wildman–Crippen MR) is 100 cm³/mol. The van der Waals surface area contributed by atoms with Crippen molar-refractivity contribution in [3.05, 3.63) is 71.0 Å². The zero-order valence-corrected chi connectivity index (χ0v) is 14.8. The molecule has 6 heteroatoms. The number of carbonyl (C=O) groups excluding carboxylic acids is 1. The summed E-state index contributed by atoms with van der Waals surface area (Å²) < 4.78 is 2.06. The van der Waals surface area contributed by atoms with E-state index in [0.29, 0.717) is 17.1 Å². The van der Waals surface area contributed by atoms with Crippen LogP contribution in [0.3, 0.4) is 0 Å². The number of amides is 1. The highest BCUT2D eigenvalue weighted by Crippen LogP contribution is 2.43. The molecule has 2 heterocycles. The van der Waals surface area contributed by atoms with Gasteiger partial charge in [-0.25, -0.2) is 0 Å². The first-order chi connectivity index (χ1) is 12.5. The molecule has 2 N–H and O–H groups in total. The van der Waals surface area contributed by atoms with Gasteiger partial charge in [-0.3, -0.25) is 9.69 Å². The molecule has 0 aliphatic carbocycles. The van der Waals surface area contributed by atoms with Crippen LogP contribution < -0.4 is 4.90 Å². The average Bonchev–Trinajstić information content (AvgIpc) is 3.09. The van der Waals surface area contributed by atoms with Crippen LogP contribution in [0.2, 0.25) is 5.02 Å². The first-order valence-corrected chi connectivity index (χ1v) is 8.71. The van der Waals surface area contributed by atoms with Crippen LogP contribution in [0.4, 0.5) is 5.69 Å². The third kappa shape index (κ3) is 2.44. The number of rotatable bonds is 2. The number of aromatic nitrogens is 1. The molecule has 3 aromatic rings. The van der Waals surface area contributed by atoms with Crippen molar-refractivity contribution in [3.63, 3.8) is 0 Å². The molecule has 0 saturated heterocycles. The van der Waals surface area contributed by atoms with E-state index >= 15 is 0 Å². The number of anilines is 1. The van der Waals surface area contributed by atoms with Gasteiger partial charge in [0.15, 0.2) is 0 Å². The minimum Gasteiger partial charge on any atom is -0.508 e. The Labute approximate surface area is 155 Å². The van der Waals surface area contributed by atoms with Gasteiger partial charge in [-0.2, -0.15) is 0 Å². The van der Waals surface area contributed by atoms with Crippen molar-refractivity contribution in [1.82, 2.24) is 4.57 Å². The van der Waals surface area contributed by atoms with E-state index in [2.05, 4.69) is 4.57 Å². The standard InChI is InChI=1S/C20H17ClN2O3/c1-2-15-16-4-3-9-22(16)17-8-5-12(21)10-18(17)23(15)20(26)14-7-6-13(24)11-19(14)25/h3-11,15,24-25H,2H2,1H3/t15-/m1/s1. The van der Waals surface area contributed by atoms with Crippen LogP contribution in [0.15, 0.2) is 54.7 Å². The Hall–Kier alpha value is -2.92. The Kier molecular flexibility index (Phi) is 3.89. The summed E-state index contributed by atoms with van der Waals surface area (Å²) >= 11 is 6.21. The number of hydrogen-bond donors (Lipinski definition) is 2. The number of halogens is 1. The van der Waals surface area contributed by atoms with E-state index in [9.17, 15) is 15.0 Å². The van der Waals surface area contributed by atoms with Gasteiger partial charge in [-0.15, -0.1) is 0 Å². The molecule has 4 rings (SSSR count). The summed E-state index contributed by atoms with van der Waals surface area (Å²) in [6.07, 6.45) is 2.66. The topological polar surface area (TPSA) is 65.7 Å². The first kappa shape index (κ1) is 16.5. The fourth-order valence-corrected chi connectivity index (χ4v) is 3.72. The number of phenolic OH excluding ortho intramolecular Hbond substituents is 2. The molecule has 1 atom stereocenters. The van der Waals surface area contributed by atoms with Crippen molar-refractivity contribution in [1.29, 1.82) is 0 Å². The fourth-order valence-electron chi connectivity index (χ4n) is 3.55. The highest BCUT2D eigenvalue weighted by Gasteiger charge is 2.35. The molecule has 0 bridgehead atoms. The molecular formula is C20H17ClN2O3. The minimum absolute atomic E-state index is 0.0953. The van der Waals surface area contributed by atoms with Crippen molar-refractivity contribution in [2.75, 3.05) is 4.90 Å². The van der Waals surface area contributed by atoms with Crippen LogP contribution in [-0.2, 0) is 0 Å². The number of carbonyl (C=O) groups is 1. The maximum atomic E-state index is 13.3. The van der Waals surface area contributed by atoms with Crippen LogP contribution in [0.5, 0.6) is 11.5 Å². The lowest BCUT2D eigenvalue weighted by Gasteiger charge is -2.38. The van der Waals surface area contributed by atoms with Crippen molar-refractivity contribution >= 4 is 23.2 Å². The lowest BCUT2D eigenvalue weighted by atomic mass is 10.0. The average molecular weight is 369 g/mol. The highest BCUT2D eigenvalue weighted by molar-refractivity contribution is 6.31. The second-order valence-electron chi connectivity index (χ2n) is 6.24. The van der Waals surface area contributed by atoms with Crippen molar-refractivity contribution in [2.24, 2.45) is 0 Å². The number of fused-ring (bicyclic) bond motifs is 3. The molecule has 5 nitrogen and oxygen atoms in total. The minimum atomic E-state index is -0.342. The summed E-state index contributed by atoms with van der Waals surface area (Å²) in [5.41, 5.74) is 2.66. The molecule has 1 amide bonds. The van der Waals surface area contributed by atoms with Gasteiger partial charge in [0.1, 0.15) is 11.5 Å². The monoisotopic (exact) mass is 368 g/mol. The van der Waals surface area contributed by atoms with Crippen molar-refractivity contribution < 1.29 is 15.0 Å². The van der Waals surface area contributed by atoms with E-state index in [1.165, 1.54) is 18.2 Å². The quantitative estimate of drug-likeness (QED) is 0.691. The number of aromatic hydroxyl groups is 2. The van der Waals surface area contributed by atoms with Crippen LogP contribution in [0, 0.1) is 0 Å². The van der Waals surface area contributed by atoms with Gasteiger partial charge in [-0.05, 0) is 48.9 Å². The summed E-state index contributed by atoms with van der Waals surface area (Å²) in [5.74, 6) is -0.693. The Bertz CT molecular complexity index is 1010. The predicted octanol–water partition coefficient (Wildman–Crippen LogP) is 4.65. The molecule has 0 saturated carbocycles. The van der Waals surface area contributed by atoms with Crippen molar-refractivity contribution in [2.45, 2.75) is 19.4 Å². The van der Waals surface area contributed by atoms with Crippen LogP contribution in [0.25, 0.3) is 5.69 Å². The largest absolute Gasteiger partial charge is 0.508 e. The SMILES string of the molecule is CC[C@@H]1c2cccn2-c2ccc(Cl)cc2N1C(=O)c1ccc(O)cc1O. The van der Waals surface area contributed by atoms with E-state index in [1.807, 2.05) is 31.3 Å². The van der Waals surface area contributed by atoms with E-state index in [0.717, 1.165) is 11.4 Å². The molecule has 2 aromatic carbocycles. The summed E-state index contributed by atoms with van der Waals surface area (Å²) in [7, 11) is 0. The molecule has 1 aliphatic rings. The molecule has 26 heavy (non-hydrogen) atoms. The van der Waals surface area contributed by atoms with E-state index in [4.69, 9.17) is 11.6 Å². The highest BCUT2D eigenvalue weighted by atomic mass is 35.5. The van der Waals surface area contributed by atoms with Gasteiger partial charge in [0, 0.05) is 23.0 Å². The Balaban J connectivity index is 1.92. The smallest absolute Gasteiger partial charge is 0.262 e. The normalized spacial score (nSPS) is 15.5. The Morgan fingerprint density at radius 3 is 2.65 bits per heavy atom. The van der Waals surface area contributed by atoms with Gasteiger partial charge in [-0.1, -0.05) is 18.5 Å². The number of nitrogens with zero attached hydrogens (tertiary/aromatic N) is 2. The molecule has 1 aliphatic heterocycles. The zero-order chi connectivity index (χ0) is 18.4. The maximum Gasteiger partial charge on any atom is 0.262 e. The Morgan fingerprint density at radius 2 is 1.92 bits per heavy atom. The second kappa shape index (κ2) is 6.11. The van der Waals surface area contributed by atoms with Crippen LogP contribution in [-0.4, -0.2) is 20.7 Å². The van der Waals surface area contributed by atoms with Gasteiger partial charge in [0.2, 0.25) is 0 Å². The zero-order valence-electron chi connectivity index (χ0n) is 14.1. The third-order valence-corrected chi connectivity index (χ3v) is 4.94. The van der Waals surface area contributed by atoms with Crippen LogP contribution in [0.1, 0.15) is 35.4 Å². The molecule has 0 spiro atoms. The molecule has 0 unspecified atom stereocenters. The number of benzene rings is 2. The molecular weight excluding hydrogens is 352 g/mol. The maximum absolute atomic E-state index is 13.3. The third-order valence-electron chi connectivity index (χ3n) is 4.71. The molecule has 132 valence electrons. The lowest BCUT2D eigenvalue weighted by Crippen LogP contribution is -2.39. The molecule has 0 fully saturated rings. The summed E-state index contributed by atoms with van der Waals surface area (Å²) in [6, 6.07) is 13.2. The number of phenols is 2. The van der Waals surface area contributed by atoms with Gasteiger partial charge in [0.05, 0.1) is 23.0 Å². The fraction of sp³-hybridized carbons (Fsp3) is 0.150. The first-order valence-electron chi connectivity index (χ1n) is 8.34. The second-order valence-corrected chi connectivity index (χ2v) is 6.67.